The molecule has 0 aromatic rings. The minimum atomic E-state index is -0.448. The number of hydrogen-bond acceptors (Lipinski definition) is 6. The highest BCUT2D eigenvalue weighted by molar-refractivity contribution is 5.87. The van der Waals surface area contributed by atoms with Crippen molar-refractivity contribution in [3.05, 3.63) is 24.3 Å². The van der Waals surface area contributed by atoms with Gasteiger partial charge in [0.25, 0.3) is 0 Å². The van der Waals surface area contributed by atoms with Crippen LogP contribution in [0.1, 0.15) is 13.8 Å². The third-order valence-electron chi connectivity index (χ3n) is 1.79. The molecule has 6 heteroatoms. The fourth-order valence-electron chi connectivity index (χ4n) is 0.810. The summed E-state index contributed by atoms with van der Waals surface area (Å²) in [7, 11) is 0. The van der Waals surface area contributed by atoms with Gasteiger partial charge in [0.2, 0.25) is 0 Å². The predicted octanol–water partition coefficient (Wildman–Crippen LogP) is 1.22. The van der Waals surface area contributed by atoms with Crippen LogP contribution in [0.2, 0.25) is 0 Å². The molecule has 0 amide bonds. The van der Waals surface area contributed by atoms with E-state index >= 15 is 0 Å². The van der Waals surface area contributed by atoms with Crippen LogP contribution >= 0.6 is 0 Å². The average molecular weight is 272 g/mol. The Hall–Kier alpha value is -1.66. The van der Waals surface area contributed by atoms with Crippen molar-refractivity contribution >= 4 is 11.9 Å². The molecule has 0 aromatic carbocycles. The van der Waals surface area contributed by atoms with E-state index in [2.05, 4.69) is 13.2 Å². The first-order valence-electron chi connectivity index (χ1n) is 5.76. The summed E-state index contributed by atoms with van der Waals surface area (Å²) in [6.07, 6.45) is 0. The molecule has 0 saturated carbocycles. The molecule has 0 N–H and O–H groups in total. The lowest BCUT2D eigenvalue weighted by Crippen LogP contribution is -2.14. The molecule has 0 saturated heterocycles. The quantitative estimate of drug-likeness (QED) is 0.258. The van der Waals surface area contributed by atoms with Crippen molar-refractivity contribution in [1.82, 2.24) is 0 Å². The highest BCUT2D eigenvalue weighted by Crippen LogP contribution is 1.93. The van der Waals surface area contributed by atoms with Crippen molar-refractivity contribution in [3.8, 4) is 0 Å². The van der Waals surface area contributed by atoms with Gasteiger partial charge >= 0.3 is 11.9 Å². The van der Waals surface area contributed by atoms with Gasteiger partial charge in [-0.15, -0.1) is 0 Å². The summed E-state index contributed by atoms with van der Waals surface area (Å²) in [5, 5.41) is 0. The molecule has 0 radical (unpaired) electrons. The molecule has 108 valence electrons. The first-order chi connectivity index (χ1) is 8.95. The van der Waals surface area contributed by atoms with Gasteiger partial charge in [-0.05, 0) is 13.8 Å². The maximum atomic E-state index is 11.0. The second kappa shape index (κ2) is 10.3. The summed E-state index contributed by atoms with van der Waals surface area (Å²) in [5.41, 5.74) is 0.686. The van der Waals surface area contributed by atoms with Gasteiger partial charge in [0.15, 0.2) is 0 Å². The fraction of sp³-hybridized carbons (Fsp3) is 0.538. The Morgan fingerprint density at radius 1 is 0.789 bits per heavy atom. The van der Waals surface area contributed by atoms with Gasteiger partial charge in [-0.3, -0.25) is 0 Å². The summed E-state index contributed by atoms with van der Waals surface area (Å²) in [6, 6.07) is 0. The summed E-state index contributed by atoms with van der Waals surface area (Å²) in [4.78, 5) is 21.9. The van der Waals surface area contributed by atoms with E-state index in [0.717, 1.165) is 0 Å². The Balaban J connectivity index is 3.28. The van der Waals surface area contributed by atoms with Crippen LogP contribution in [-0.2, 0) is 28.5 Å². The SMILES string of the molecule is C=C(C)C(=O)OCCOCOCCOC(=O)C(=C)C. The van der Waals surface area contributed by atoms with Gasteiger partial charge < -0.3 is 18.9 Å². The van der Waals surface area contributed by atoms with E-state index in [1.54, 1.807) is 13.8 Å². The summed E-state index contributed by atoms with van der Waals surface area (Å²) in [6.45, 7) is 10.8. The lowest BCUT2D eigenvalue weighted by atomic mass is 10.4. The molecule has 0 spiro atoms. The first-order valence-corrected chi connectivity index (χ1v) is 5.76. The van der Waals surface area contributed by atoms with E-state index in [1.165, 1.54) is 0 Å². The third-order valence-corrected chi connectivity index (χ3v) is 1.79. The van der Waals surface area contributed by atoms with Gasteiger partial charge in [-0.25, -0.2) is 9.59 Å². The molecular formula is C13H20O6. The van der Waals surface area contributed by atoms with E-state index in [9.17, 15) is 9.59 Å². The molecule has 0 aliphatic carbocycles. The van der Waals surface area contributed by atoms with Crippen LogP contribution in [0.3, 0.4) is 0 Å². The zero-order chi connectivity index (χ0) is 14.7. The molecule has 0 aliphatic heterocycles. The molecule has 19 heavy (non-hydrogen) atoms. The largest absolute Gasteiger partial charge is 0.460 e. The monoisotopic (exact) mass is 272 g/mol. The number of hydrogen-bond donors (Lipinski definition) is 0. The van der Waals surface area contributed by atoms with Crippen molar-refractivity contribution < 1.29 is 28.5 Å². The average Bonchev–Trinajstić information content (AvgIpc) is 2.35. The van der Waals surface area contributed by atoms with Gasteiger partial charge in [0.05, 0.1) is 13.2 Å². The topological polar surface area (TPSA) is 71.1 Å². The first kappa shape index (κ1) is 17.3. The minimum absolute atomic E-state index is 0.0369. The Morgan fingerprint density at radius 3 is 1.47 bits per heavy atom. The Labute approximate surface area is 113 Å². The molecule has 6 nitrogen and oxygen atoms in total. The Kier molecular flexibility index (Phi) is 9.38. The maximum Gasteiger partial charge on any atom is 0.333 e. The van der Waals surface area contributed by atoms with E-state index in [0.29, 0.717) is 11.1 Å². The zero-order valence-corrected chi connectivity index (χ0v) is 11.4. The molecule has 0 unspecified atom stereocenters. The van der Waals surface area contributed by atoms with Crippen LogP contribution in [0.25, 0.3) is 0 Å². The highest BCUT2D eigenvalue weighted by atomic mass is 16.7. The van der Waals surface area contributed by atoms with E-state index in [1.807, 2.05) is 0 Å². The number of carbonyl (C=O) groups is 2. The third kappa shape index (κ3) is 9.99. The molecule has 0 aliphatic rings. The molecule has 0 atom stereocenters. The van der Waals surface area contributed by atoms with Gasteiger partial charge in [0.1, 0.15) is 20.0 Å². The molecule has 0 rings (SSSR count). The van der Waals surface area contributed by atoms with Crippen LogP contribution < -0.4 is 0 Å². The van der Waals surface area contributed by atoms with E-state index in [4.69, 9.17) is 18.9 Å². The summed E-state index contributed by atoms with van der Waals surface area (Å²) in [5.74, 6) is -0.896. The molecular weight excluding hydrogens is 252 g/mol. The maximum absolute atomic E-state index is 11.0. The van der Waals surface area contributed by atoms with E-state index in [-0.39, 0.29) is 33.2 Å². The Bertz CT molecular complexity index is 302. The molecule has 0 heterocycles. The normalized spacial score (nSPS) is 9.79. The van der Waals surface area contributed by atoms with Crippen LogP contribution in [0, 0.1) is 0 Å². The van der Waals surface area contributed by atoms with Crippen molar-refractivity contribution in [1.29, 1.82) is 0 Å². The number of esters is 2. The second-order valence-corrected chi connectivity index (χ2v) is 3.77. The molecule has 0 bridgehead atoms. The molecule has 0 fully saturated rings. The lowest BCUT2D eigenvalue weighted by Gasteiger charge is -2.07. The van der Waals surface area contributed by atoms with Crippen LogP contribution in [0.15, 0.2) is 24.3 Å². The van der Waals surface area contributed by atoms with Crippen LogP contribution in [0.5, 0.6) is 0 Å². The molecule has 0 aromatic heterocycles. The van der Waals surface area contributed by atoms with Crippen LogP contribution in [-0.4, -0.2) is 45.2 Å². The minimum Gasteiger partial charge on any atom is -0.460 e. The highest BCUT2D eigenvalue weighted by Gasteiger charge is 2.03. The van der Waals surface area contributed by atoms with Crippen molar-refractivity contribution in [2.24, 2.45) is 0 Å². The number of rotatable bonds is 10. The summed E-state index contributed by atoms with van der Waals surface area (Å²) < 4.78 is 19.6. The van der Waals surface area contributed by atoms with E-state index < -0.39 is 11.9 Å². The van der Waals surface area contributed by atoms with Crippen molar-refractivity contribution in [3.63, 3.8) is 0 Å². The summed E-state index contributed by atoms with van der Waals surface area (Å²) >= 11 is 0. The number of ether oxygens (including phenoxy) is 4. The predicted molar refractivity (Wildman–Crippen MR) is 68.3 cm³/mol. The Morgan fingerprint density at radius 2 is 1.16 bits per heavy atom. The fourth-order valence-corrected chi connectivity index (χ4v) is 0.810. The van der Waals surface area contributed by atoms with Gasteiger partial charge in [-0.1, -0.05) is 13.2 Å². The second-order valence-electron chi connectivity index (χ2n) is 3.77. The van der Waals surface area contributed by atoms with Crippen molar-refractivity contribution in [2.75, 3.05) is 33.2 Å². The van der Waals surface area contributed by atoms with Crippen molar-refractivity contribution in [2.45, 2.75) is 13.8 Å². The number of carbonyl (C=O) groups excluding carboxylic acids is 2. The zero-order valence-electron chi connectivity index (χ0n) is 11.4. The smallest absolute Gasteiger partial charge is 0.333 e. The van der Waals surface area contributed by atoms with Gasteiger partial charge in [0, 0.05) is 11.1 Å². The lowest BCUT2D eigenvalue weighted by molar-refractivity contribution is -0.144. The van der Waals surface area contributed by atoms with Crippen LogP contribution in [0.4, 0.5) is 0 Å². The van der Waals surface area contributed by atoms with Gasteiger partial charge in [-0.2, -0.15) is 0 Å². The standard InChI is InChI=1S/C13H20O6/c1-10(2)12(14)18-7-5-16-9-17-6-8-19-13(15)11(3)4/h1,3,5-9H2,2,4H3.